The van der Waals surface area contributed by atoms with Crippen LogP contribution < -0.4 is 10.6 Å². The molecule has 5 heteroatoms. The van der Waals surface area contributed by atoms with E-state index >= 15 is 0 Å². The summed E-state index contributed by atoms with van der Waals surface area (Å²) in [6.07, 6.45) is 1.43. The Bertz CT molecular complexity index is 314. The summed E-state index contributed by atoms with van der Waals surface area (Å²) in [5.74, 6) is 1.03. The molecule has 4 nitrogen and oxygen atoms in total. The Morgan fingerprint density at radius 3 is 2.64 bits per heavy atom. The molecule has 0 saturated carbocycles. The SMILES string of the molecule is CCN(c1ncnc(N)c1Cl)C(C)C. The average Bonchev–Trinajstić information content (AvgIpc) is 2.13. The molecule has 1 rings (SSSR count). The van der Waals surface area contributed by atoms with Gasteiger partial charge < -0.3 is 10.6 Å². The molecule has 0 fully saturated rings. The van der Waals surface area contributed by atoms with E-state index in [1.165, 1.54) is 6.33 Å². The Morgan fingerprint density at radius 2 is 2.14 bits per heavy atom. The topological polar surface area (TPSA) is 55.0 Å². The highest BCUT2D eigenvalue weighted by molar-refractivity contribution is 6.35. The van der Waals surface area contributed by atoms with Crippen molar-refractivity contribution in [2.24, 2.45) is 0 Å². The summed E-state index contributed by atoms with van der Waals surface area (Å²) in [4.78, 5) is 10.0. The lowest BCUT2D eigenvalue weighted by molar-refractivity contribution is 0.692. The van der Waals surface area contributed by atoms with Crippen molar-refractivity contribution in [3.63, 3.8) is 0 Å². The van der Waals surface area contributed by atoms with Crippen LogP contribution in [0.5, 0.6) is 0 Å². The predicted molar refractivity (Wildman–Crippen MR) is 59.6 cm³/mol. The summed E-state index contributed by atoms with van der Waals surface area (Å²) in [5.41, 5.74) is 5.60. The zero-order valence-electron chi connectivity index (χ0n) is 8.66. The molecule has 0 aliphatic rings. The summed E-state index contributed by atoms with van der Waals surface area (Å²) in [7, 11) is 0. The molecule has 0 saturated heterocycles. The molecule has 0 amide bonds. The first kappa shape index (κ1) is 11.0. The molecular formula is C9H15ClN4. The van der Waals surface area contributed by atoms with E-state index in [1.54, 1.807) is 0 Å². The molecule has 0 spiro atoms. The van der Waals surface area contributed by atoms with Gasteiger partial charge in [0.15, 0.2) is 5.82 Å². The van der Waals surface area contributed by atoms with Crippen molar-refractivity contribution >= 4 is 23.2 Å². The average molecular weight is 215 g/mol. The maximum atomic E-state index is 6.02. The van der Waals surface area contributed by atoms with Gasteiger partial charge in [-0.3, -0.25) is 0 Å². The molecule has 1 aromatic rings. The van der Waals surface area contributed by atoms with Crippen LogP contribution in [0.2, 0.25) is 5.02 Å². The Kier molecular flexibility index (Phi) is 3.52. The first-order valence-electron chi connectivity index (χ1n) is 4.60. The van der Waals surface area contributed by atoms with Crippen LogP contribution in [-0.2, 0) is 0 Å². The number of aromatic nitrogens is 2. The van der Waals surface area contributed by atoms with Crippen LogP contribution in [-0.4, -0.2) is 22.6 Å². The summed E-state index contributed by atoms with van der Waals surface area (Å²) >= 11 is 6.02. The lowest BCUT2D eigenvalue weighted by Gasteiger charge is -2.26. The first-order valence-corrected chi connectivity index (χ1v) is 4.98. The van der Waals surface area contributed by atoms with E-state index in [1.807, 2.05) is 0 Å². The number of halogens is 1. The number of hydrogen-bond acceptors (Lipinski definition) is 4. The number of nitrogens with zero attached hydrogens (tertiary/aromatic N) is 3. The Balaban J connectivity index is 3.10. The summed E-state index contributed by atoms with van der Waals surface area (Å²) in [6, 6.07) is 0.340. The van der Waals surface area contributed by atoms with Crippen molar-refractivity contribution in [3.8, 4) is 0 Å². The van der Waals surface area contributed by atoms with E-state index in [9.17, 15) is 0 Å². The fraction of sp³-hybridized carbons (Fsp3) is 0.556. The van der Waals surface area contributed by atoms with Crippen LogP contribution in [0.4, 0.5) is 11.6 Å². The Labute approximate surface area is 89.1 Å². The third kappa shape index (κ3) is 2.07. The number of nitrogen functional groups attached to an aromatic ring is 1. The molecule has 0 aliphatic carbocycles. The zero-order chi connectivity index (χ0) is 10.7. The van der Waals surface area contributed by atoms with Gasteiger partial charge in [-0.25, -0.2) is 9.97 Å². The summed E-state index contributed by atoms with van der Waals surface area (Å²) in [6.45, 7) is 7.05. The summed E-state index contributed by atoms with van der Waals surface area (Å²) < 4.78 is 0. The van der Waals surface area contributed by atoms with Gasteiger partial charge in [-0.1, -0.05) is 11.6 Å². The van der Waals surface area contributed by atoms with Crippen LogP contribution in [0, 0.1) is 0 Å². The van der Waals surface area contributed by atoms with E-state index in [0.717, 1.165) is 6.54 Å². The monoisotopic (exact) mass is 214 g/mol. The highest BCUT2D eigenvalue weighted by Crippen LogP contribution is 2.27. The highest BCUT2D eigenvalue weighted by atomic mass is 35.5. The predicted octanol–water partition coefficient (Wildman–Crippen LogP) is 1.95. The molecule has 0 aromatic carbocycles. The molecule has 0 radical (unpaired) electrons. The van der Waals surface area contributed by atoms with Crippen LogP contribution >= 0.6 is 11.6 Å². The lowest BCUT2D eigenvalue weighted by Crippen LogP contribution is -2.31. The van der Waals surface area contributed by atoms with Crippen molar-refractivity contribution in [2.75, 3.05) is 17.2 Å². The minimum absolute atomic E-state index is 0.329. The molecular weight excluding hydrogens is 200 g/mol. The van der Waals surface area contributed by atoms with Gasteiger partial charge >= 0.3 is 0 Å². The van der Waals surface area contributed by atoms with Gasteiger partial charge in [0.05, 0.1) is 0 Å². The fourth-order valence-electron chi connectivity index (χ4n) is 1.33. The van der Waals surface area contributed by atoms with Crippen molar-refractivity contribution in [1.82, 2.24) is 9.97 Å². The fourth-order valence-corrected chi connectivity index (χ4v) is 1.54. The van der Waals surface area contributed by atoms with Gasteiger partial charge in [0.2, 0.25) is 0 Å². The van der Waals surface area contributed by atoms with Gasteiger partial charge in [0.25, 0.3) is 0 Å². The van der Waals surface area contributed by atoms with E-state index in [-0.39, 0.29) is 0 Å². The van der Waals surface area contributed by atoms with Crippen molar-refractivity contribution in [1.29, 1.82) is 0 Å². The molecule has 14 heavy (non-hydrogen) atoms. The number of hydrogen-bond donors (Lipinski definition) is 1. The second-order valence-electron chi connectivity index (χ2n) is 3.28. The van der Waals surface area contributed by atoms with Gasteiger partial charge in [-0.05, 0) is 20.8 Å². The molecule has 2 N–H and O–H groups in total. The van der Waals surface area contributed by atoms with Crippen molar-refractivity contribution in [2.45, 2.75) is 26.8 Å². The quantitative estimate of drug-likeness (QED) is 0.836. The number of rotatable bonds is 3. The minimum atomic E-state index is 0.329. The smallest absolute Gasteiger partial charge is 0.153 e. The molecule has 0 atom stereocenters. The van der Waals surface area contributed by atoms with Gasteiger partial charge in [-0.15, -0.1) is 0 Å². The molecule has 1 heterocycles. The molecule has 78 valence electrons. The minimum Gasteiger partial charge on any atom is -0.382 e. The Morgan fingerprint density at radius 1 is 1.50 bits per heavy atom. The standard InChI is InChI=1S/C9H15ClN4/c1-4-14(6(2)3)9-7(10)8(11)12-5-13-9/h5-6H,4H2,1-3H3,(H2,11,12,13). The molecule has 0 bridgehead atoms. The zero-order valence-corrected chi connectivity index (χ0v) is 9.41. The molecule has 0 unspecified atom stereocenters. The number of nitrogens with two attached hydrogens (primary N) is 1. The normalized spacial score (nSPS) is 10.6. The van der Waals surface area contributed by atoms with Crippen LogP contribution in [0.25, 0.3) is 0 Å². The highest BCUT2D eigenvalue weighted by Gasteiger charge is 2.15. The van der Waals surface area contributed by atoms with Crippen LogP contribution in [0.1, 0.15) is 20.8 Å². The van der Waals surface area contributed by atoms with E-state index < -0.39 is 0 Å². The van der Waals surface area contributed by atoms with Gasteiger partial charge in [0.1, 0.15) is 17.2 Å². The third-order valence-electron chi connectivity index (χ3n) is 2.03. The number of anilines is 2. The summed E-state index contributed by atoms with van der Waals surface area (Å²) in [5, 5.41) is 0.433. The maximum absolute atomic E-state index is 6.02. The molecule has 0 aliphatic heterocycles. The lowest BCUT2D eigenvalue weighted by atomic mass is 10.3. The Hall–Kier alpha value is -1.03. The van der Waals surface area contributed by atoms with Crippen molar-refractivity contribution in [3.05, 3.63) is 11.3 Å². The second-order valence-corrected chi connectivity index (χ2v) is 3.65. The third-order valence-corrected chi connectivity index (χ3v) is 2.40. The van der Waals surface area contributed by atoms with E-state index in [0.29, 0.717) is 22.7 Å². The second kappa shape index (κ2) is 4.46. The van der Waals surface area contributed by atoms with E-state index in [4.69, 9.17) is 17.3 Å². The van der Waals surface area contributed by atoms with Crippen LogP contribution in [0.15, 0.2) is 6.33 Å². The maximum Gasteiger partial charge on any atom is 0.153 e. The van der Waals surface area contributed by atoms with Gasteiger partial charge in [-0.2, -0.15) is 0 Å². The van der Waals surface area contributed by atoms with Gasteiger partial charge in [0, 0.05) is 12.6 Å². The molecule has 1 aromatic heterocycles. The largest absolute Gasteiger partial charge is 0.382 e. The van der Waals surface area contributed by atoms with E-state index in [2.05, 4.69) is 35.6 Å². The first-order chi connectivity index (χ1) is 6.57. The van der Waals surface area contributed by atoms with Crippen LogP contribution in [0.3, 0.4) is 0 Å². The van der Waals surface area contributed by atoms with Crippen molar-refractivity contribution < 1.29 is 0 Å².